The van der Waals surface area contributed by atoms with Crippen LogP contribution in [0.1, 0.15) is 16.1 Å². The zero-order valence-corrected chi connectivity index (χ0v) is 15.4. The van der Waals surface area contributed by atoms with E-state index < -0.39 is 0 Å². The number of rotatable bonds is 6. The second-order valence-corrected chi connectivity index (χ2v) is 6.08. The van der Waals surface area contributed by atoms with Crippen LogP contribution in [0, 0.1) is 0 Å². The lowest BCUT2D eigenvalue weighted by Gasteiger charge is -2.08. The average molecular weight is 375 g/mol. The highest BCUT2D eigenvalue weighted by atomic mass is 16.5. The van der Waals surface area contributed by atoms with Gasteiger partial charge in [-0.2, -0.15) is 4.98 Å². The summed E-state index contributed by atoms with van der Waals surface area (Å²) in [6, 6.07) is 12.3. The van der Waals surface area contributed by atoms with Gasteiger partial charge in [0.2, 0.25) is 5.89 Å². The van der Waals surface area contributed by atoms with E-state index in [1.54, 1.807) is 69.1 Å². The van der Waals surface area contributed by atoms with Crippen molar-refractivity contribution in [1.29, 1.82) is 0 Å². The van der Waals surface area contributed by atoms with Gasteiger partial charge in [-0.1, -0.05) is 0 Å². The molecule has 0 N–H and O–H groups in total. The van der Waals surface area contributed by atoms with Gasteiger partial charge in [0.15, 0.2) is 17.0 Å². The molecule has 0 aliphatic carbocycles. The lowest BCUT2D eigenvalue weighted by Crippen LogP contribution is -2.06. The monoisotopic (exact) mass is 375 g/mol. The van der Waals surface area contributed by atoms with Gasteiger partial charge < -0.3 is 13.9 Å². The van der Waals surface area contributed by atoms with Crippen molar-refractivity contribution in [1.82, 2.24) is 15.0 Å². The van der Waals surface area contributed by atoms with Crippen molar-refractivity contribution in [3.05, 3.63) is 66.1 Å². The van der Waals surface area contributed by atoms with Crippen LogP contribution < -0.4 is 9.47 Å². The highest BCUT2D eigenvalue weighted by molar-refractivity contribution is 5.98. The summed E-state index contributed by atoms with van der Waals surface area (Å²) in [5.41, 5.74) is 2.99. The first-order valence-corrected chi connectivity index (χ1v) is 8.59. The molecule has 0 amide bonds. The number of methoxy groups -OCH3 is 2. The maximum absolute atomic E-state index is 12.7. The molecule has 0 bridgehead atoms. The minimum Gasteiger partial charge on any atom is -0.497 e. The van der Waals surface area contributed by atoms with E-state index in [4.69, 9.17) is 13.9 Å². The van der Waals surface area contributed by atoms with Crippen LogP contribution in [0.4, 0.5) is 0 Å². The highest BCUT2D eigenvalue weighted by Gasteiger charge is 2.14. The minimum atomic E-state index is -0.0962. The van der Waals surface area contributed by atoms with Crippen LogP contribution in [-0.2, 0) is 6.42 Å². The van der Waals surface area contributed by atoms with Crippen LogP contribution in [0.25, 0.3) is 22.7 Å². The SMILES string of the molecule is COc1cc(OC)cc(C(=O)Cc2cc(-c3nc4ncccc4o3)ccn2)c1. The Balaban J connectivity index is 1.60. The Morgan fingerprint density at radius 1 is 1.00 bits per heavy atom. The Morgan fingerprint density at radius 2 is 1.79 bits per heavy atom. The third-order valence-electron chi connectivity index (χ3n) is 4.24. The number of pyridine rings is 2. The molecule has 1 aromatic carbocycles. The van der Waals surface area contributed by atoms with E-state index in [1.165, 1.54) is 0 Å². The molecule has 4 aromatic rings. The molecule has 0 fully saturated rings. The molecule has 0 aliphatic rings. The number of nitrogens with zero attached hydrogens (tertiary/aromatic N) is 3. The maximum Gasteiger partial charge on any atom is 0.229 e. The van der Waals surface area contributed by atoms with Gasteiger partial charge >= 0.3 is 0 Å². The molecule has 0 unspecified atom stereocenters. The van der Waals surface area contributed by atoms with Crippen molar-refractivity contribution in [2.45, 2.75) is 6.42 Å². The number of fused-ring (bicyclic) bond motifs is 1. The topological polar surface area (TPSA) is 87.3 Å². The summed E-state index contributed by atoms with van der Waals surface area (Å²) in [7, 11) is 3.09. The van der Waals surface area contributed by atoms with E-state index in [0.717, 1.165) is 5.56 Å². The van der Waals surface area contributed by atoms with Crippen molar-refractivity contribution in [2.24, 2.45) is 0 Å². The number of benzene rings is 1. The van der Waals surface area contributed by atoms with E-state index in [9.17, 15) is 4.79 Å². The number of ketones is 1. The van der Waals surface area contributed by atoms with Crippen molar-refractivity contribution in [3.8, 4) is 23.0 Å². The molecular weight excluding hydrogens is 358 g/mol. The van der Waals surface area contributed by atoms with E-state index >= 15 is 0 Å². The Labute approximate surface area is 161 Å². The lowest BCUT2D eigenvalue weighted by atomic mass is 10.0. The largest absolute Gasteiger partial charge is 0.497 e. The minimum absolute atomic E-state index is 0.0962. The number of ether oxygens (including phenoxy) is 2. The molecule has 3 heterocycles. The number of carbonyl (C=O) groups excluding carboxylic acids is 1. The van der Waals surface area contributed by atoms with Gasteiger partial charge in [0.05, 0.1) is 20.6 Å². The highest BCUT2D eigenvalue weighted by Crippen LogP contribution is 2.25. The van der Waals surface area contributed by atoms with Crippen molar-refractivity contribution < 1.29 is 18.7 Å². The summed E-state index contributed by atoms with van der Waals surface area (Å²) in [4.78, 5) is 25.6. The maximum atomic E-state index is 12.7. The normalized spacial score (nSPS) is 10.8. The molecule has 0 atom stereocenters. The molecule has 4 rings (SSSR count). The first-order chi connectivity index (χ1) is 13.7. The molecular formula is C21H17N3O4. The van der Waals surface area contributed by atoms with Crippen molar-refractivity contribution >= 4 is 17.0 Å². The van der Waals surface area contributed by atoms with Crippen LogP contribution in [0.3, 0.4) is 0 Å². The third kappa shape index (κ3) is 3.55. The summed E-state index contributed by atoms with van der Waals surface area (Å²) in [6.45, 7) is 0. The third-order valence-corrected chi connectivity index (χ3v) is 4.24. The van der Waals surface area contributed by atoms with Gasteiger partial charge in [0, 0.05) is 35.3 Å². The Kier molecular flexibility index (Phi) is 4.72. The molecule has 28 heavy (non-hydrogen) atoms. The fourth-order valence-corrected chi connectivity index (χ4v) is 2.84. The van der Waals surface area contributed by atoms with Crippen molar-refractivity contribution in [3.63, 3.8) is 0 Å². The second-order valence-electron chi connectivity index (χ2n) is 6.08. The number of hydrogen-bond donors (Lipinski definition) is 0. The van der Waals surface area contributed by atoms with Gasteiger partial charge in [0.25, 0.3) is 0 Å². The first kappa shape index (κ1) is 17.7. The fraction of sp³-hybridized carbons (Fsp3) is 0.143. The predicted molar refractivity (Wildman–Crippen MR) is 103 cm³/mol. The van der Waals surface area contributed by atoms with Crippen LogP contribution in [0.2, 0.25) is 0 Å². The van der Waals surface area contributed by atoms with E-state index in [2.05, 4.69) is 15.0 Å². The summed E-state index contributed by atoms with van der Waals surface area (Å²) in [5, 5.41) is 0. The summed E-state index contributed by atoms with van der Waals surface area (Å²) >= 11 is 0. The van der Waals surface area contributed by atoms with Gasteiger partial charge in [0.1, 0.15) is 11.5 Å². The van der Waals surface area contributed by atoms with Crippen molar-refractivity contribution in [2.75, 3.05) is 14.2 Å². The predicted octanol–water partition coefficient (Wildman–Crippen LogP) is 3.73. The number of Topliss-reactive ketones (excluding diaryl/α,β-unsaturated/α-hetero) is 1. The smallest absolute Gasteiger partial charge is 0.229 e. The zero-order chi connectivity index (χ0) is 19.5. The molecule has 0 radical (unpaired) electrons. The quantitative estimate of drug-likeness (QED) is 0.475. The molecule has 3 aromatic heterocycles. The van der Waals surface area contributed by atoms with Gasteiger partial charge in [-0.3, -0.25) is 9.78 Å². The van der Waals surface area contributed by atoms with E-state index in [0.29, 0.717) is 39.9 Å². The number of carbonyl (C=O) groups is 1. The number of aromatic nitrogens is 3. The first-order valence-electron chi connectivity index (χ1n) is 8.59. The van der Waals surface area contributed by atoms with E-state index in [1.807, 2.05) is 0 Å². The standard InChI is InChI=1S/C21H17N3O4/c1-26-16-9-14(10-17(12-16)27-2)18(25)11-15-8-13(5-7-22-15)21-24-20-19(28-21)4-3-6-23-20/h3-10,12H,11H2,1-2H3. The number of oxazole rings is 1. The van der Waals surface area contributed by atoms with Gasteiger partial charge in [-0.15, -0.1) is 0 Å². The van der Waals surface area contributed by atoms with Crippen LogP contribution >= 0.6 is 0 Å². The fourth-order valence-electron chi connectivity index (χ4n) is 2.84. The molecule has 0 aliphatic heterocycles. The van der Waals surface area contributed by atoms with Gasteiger partial charge in [-0.25, -0.2) is 4.98 Å². The van der Waals surface area contributed by atoms with Gasteiger partial charge in [-0.05, 0) is 36.4 Å². The zero-order valence-electron chi connectivity index (χ0n) is 15.4. The van der Waals surface area contributed by atoms with Crippen LogP contribution in [-0.4, -0.2) is 35.0 Å². The molecule has 7 heteroatoms. The summed E-state index contributed by atoms with van der Waals surface area (Å²) in [5.74, 6) is 1.46. The average Bonchev–Trinajstić information content (AvgIpc) is 3.18. The Hall–Kier alpha value is -3.74. The summed E-state index contributed by atoms with van der Waals surface area (Å²) in [6.07, 6.45) is 3.42. The van der Waals surface area contributed by atoms with Crippen LogP contribution in [0.5, 0.6) is 11.5 Å². The Bertz CT molecular complexity index is 1100. The number of hydrogen-bond acceptors (Lipinski definition) is 7. The van der Waals surface area contributed by atoms with Crippen LogP contribution in [0.15, 0.2) is 59.3 Å². The summed E-state index contributed by atoms with van der Waals surface area (Å²) < 4.78 is 16.2. The Morgan fingerprint density at radius 3 is 2.50 bits per heavy atom. The van der Waals surface area contributed by atoms with E-state index in [-0.39, 0.29) is 12.2 Å². The molecule has 0 spiro atoms. The second kappa shape index (κ2) is 7.48. The molecule has 140 valence electrons. The molecule has 0 saturated carbocycles. The lowest BCUT2D eigenvalue weighted by molar-refractivity contribution is 0.0991. The molecule has 7 nitrogen and oxygen atoms in total. The molecule has 0 saturated heterocycles.